The number of carbonyl (C=O) groups excluding carboxylic acids is 2. The molecule has 4 heterocycles. The van der Waals surface area contributed by atoms with Gasteiger partial charge in [-0.2, -0.15) is 0 Å². The molecule has 6 N–H and O–H groups in total. The molecule has 4 aromatic heterocycles. The number of pyridine rings is 3. The largest absolute Gasteiger partial charge is 0.383 e. The van der Waals surface area contributed by atoms with Gasteiger partial charge < -0.3 is 36.4 Å². The summed E-state index contributed by atoms with van der Waals surface area (Å²) in [4.78, 5) is 79.0. The van der Waals surface area contributed by atoms with Crippen molar-refractivity contribution in [2.45, 2.75) is 41.0 Å². The van der Waals surface area contributed by atoms with Crippen molar-refractivity contribution in [1.29, 1.82) is 0 Å². The van der Waals surface area contributed by atoms with Crippen LogP contribution in [0.15, 0.2) is 135 Å². The van der Waals surface area contributed by atoms with E-state index in [9.17, 15) is 29.8 Å². The smallest absolute Gasteiger partial charge is 0.291 e. The van der Waals surface area contributed by atoms with E-state index in [-0.39, 0.29) is 35.3 Å². The highest BCUT2D eigenvalue weighted by Crippen LogP contribution is 2.27. The highest BCUT2D eigenvalue weighted by Gasteiger charge is 2.12. The minimum absolute atomic E-state index is 0.00967. The van der Waals surface area contributed by atoms with Gasteiger partial charge in [0.2, 0.25) is 12.4 Å². The Kier molecular flexibility index (Phi) is 30.9. The quantitative estimate of drug-likeness (QED) is 0.0141. The van der Waals surface area contributed by atoms with Crippen molar-refractivity contribution < 1.29 is 39.2 Å². The normalized spacial score (nSPS) is 10.0. The summed E-state index contributed by atoms with van der Waals surface area (Å²) in [7, 11) is 7.58. The fourth-order valence-electron chi connectivity index (χ4n) is 5.18. The molecule has 28 heteroatoms. The van der Waals surface area contributed by atoms with E-state index in [0.717, 1.165) is 30.1 Å². The number of carbonyl (C=O) groups is 2. The van der Waals surface area contributed by atoms with Crippen LogP contribution in [-0.2, 0) is 9.47 Å². The number of ketones is 2. The number of aliphatic imine (C=N–C) groups is 1. The van der Waals surface area contributed by atoms with Crippen molar-refractivity contribution in [2.75, 3.05) is 46.7 Å². The standard InChI is InChI=1S/C16H12BrN5O2.C10H11BrN2O.C8H10N4O2.C7H6BrNO.C7H17NO2.HNO3/c1-10-2-3-13(22(23)24)7-15(10)21-16-19-5-4-14(20-16)11-6-12(17)9-18-8-11;1-13(2)4-3-10(14)8-5-9(11)7-12-6-8;1-5-2-3-6(12(13)14)4-7(5)11-8(9)10;1-5(10)6-2-7(8)4-9-3-6;1-5-9-7(8(3)4)10-6-2;2-1(3)4/h2-9H,1H3,(H,19,20,21);3-7H,1-2H3;2-4H,1H3,(H4,9,10,11);2-4H,1H3;7H,5-6H2,1-4H3;(H,2,3,4)/b;4-3+;;;;. The van der Waals surface area contributed by atoms with Crippen LogP contribution < -0.4 is 16.8 Å². The van der Waals surface area contributed by atoms with Crippen LogP contribution in [0.5, 0.6) is 0 Å². The number of nitrogens with one attached hydrogen (secondary N) is 1. The Hall–Kier alpha value is -7.76. The SMILES string of the molecule is CC(=O)c1cncc(Br)c1.CCOC(OCC)N(C)C.CN(C)/C=C/C(=O)c1cncc(Br)c1.Cc1ccc([N+](=O)[O-])cc1N=C(N)N.Cc1ccc([N+](=O)[O-])cc1Nc1nccc(-c2cncc(Br)c2)n1.O=[N+]([O-])O. The number of non-ortho nitro benzene ring substituents is 2. The van der Waals surface area contributed by atoms with Crippen LogP contribution in [0, 0.1) is 44.2 Å². The molecule has 0 amide bonds. The molecule has 0 radical (unpaired) electrons. The number of Topliss-reactive ketones (excluding diaryl/α,β-unsaturated/α-hetero) is 1. The molecule has 6 rings (SSSR count). The predicted molar refractivity (Wildman–Crippen MR) is 298 cm³/mol. The Morgan fingerprint density at radius 3 is 1.72 bits per heavy atom. The van der Waals surface area contributed by atoms with E-state index in [1.165, 1.54) is 37.3 Å². The summed E-state index contributed by atoms with van der Waals surface area (Å²) in [5, 5.41) is 38.0. The second-order valence-electron chi connectivity index (χ2n) is 15.2. The van der Waals surface area contributed by atoms with Gasteiger partial charge in [-0.05, 0) is 132 Å². The van der Waals surface area contributed by atoms with Gasteiger partial charge >= 0.3 is 0 Å². The van der Waals surface area contributed by atoms with Crippen LogP contribution in [0.25, 0.3) is 11.3 Å². The number of guanidine groups is 1. The Morgan fingerprint density at radius 1 is 0.763 bits per heavy atom. The number of nitrogens with zero attached hydrogens (tertiary/aromatic N) is 11. The lowest BCUT2D eigenvalue weighted by atomic mass is 10.2. The first-order valence-corrected chi connectivity index (χ1v) is 24.3. The topological polar surface area (TPSA) is 350 Å². The highest BCUT2D eigenvalue weighted by molar-refractivity contribution is 9.11. The van der Waals surface area contributed by atoms with E-state index in [1.807, 2.05) is 64.8 Å². The zero-order chi connectivity index (χ0) is 57.5. The molecule has 0 aliphatic rings. The molecule has 406 valence electrons. The molecular formula is C48H57Br3N14O11. The van der Waals surface area contributed by atoms with E-state index in [2.05, 4.69) is 83.0 Å². The van der Waals surface area contributed by atoms with Crippen LogP contribution in [0.3, 0.4) is 0 Å². The van der Waals surface area contributed by atoms with Crippen LogP contribution in [0.2, 0.25) is 0 Å². The Labute approximate surface area is 463 Å². The first kappa shape index (κ1) is 66.3. The van der Waals surface area contributed by atoms with Crippen molar-refractivity contribution in [3.63, 3.8) is 0 Å². The third-order valence-corrected chi connectivity index (χ3v) is 9.95. The zero-order valence-corrected chi connectivity index (χ0v) is 47.5. The summed E-state index contributed by atoms with van der Waals surface area (Å²) in [5.41, 5.74) is 15.7. The average molecular weight is 1250 g/mol. The van der Waals surface area contributed by atoms with Gasteiger partial charge in [-0.1, -0.05) is 12.1 Å². The maximum atomic E-state index is 11.5. The summed E-state index contributed by atoms with van der Waals surface area (Å²) in [6.07, 6.45) is 14.4. The molecular weight excluding hydrogens is 1190 g/mol. The number of aryl methyl sites for hydroxylation is 2. The lowest BCUT2D eigenvalue weighted by Gasteiger charge is -2.22. The molecule has 0 saturated carbocycles. The van der Waals surface area contributed by atoms with Gasteiger partial charge in [-0.25, -0.2) is 15.0 Å². The van der Waals surface area contributed by atoms with Gasteiger partial charge in [0.05, 0.1) is 26.9 Å². The summed E-state index contributed by atoms with van der Waals surface area (Å²) < 4.78 is 13.0. The van der Waals surface area contributed by atoms with Crippen LogP contribution >= 0.6 is 47.8 Å². The number of ether oxygens (including phenoxy) is 2. The zero-order valence-electron chi connectivity index (χ0n) is 42.7. The molecule has 0 unspecified atom stereocenters. The number of benzene rings is 2. The molecule has 0 saturated heterocycles. The number of rotatable bonds is 15. The molecule has 0 aliphatic heterocycles. The van der Waals surface area contributed by atoms with Gasteiger partial charge in [0, 0.05) is 137 Å². The lowest BCUT2D eigenvalue weighted by Crippen LogP contribution is -2.33. The van der Waals surface area contributed by atoms with E-state index >= 15 is 0 Å². The molecule has 2 aromatic carbocycles. The van der Waals surface area contributed by atoms with E-state index in [0.29, 0.717) is 47.4 Å². The fourth-order valence-corrected chi connectivity index (χ4v) is 6.27. The van der Waals surface area contributed by atoms with Crippen molar-refractivity contribution >= 4 is 94.0 Å². The summed E-state index contributed by atoms with van der Waals surface area (Å²) >= 11 is 9.85. The first-order chi connectivity index (χ1) is 35.8. The van der Waals surface area contributed by atoms with Crippen molar-refractivity contribution in [1.82, 2.24) is 34.7 Å². The van der Waals surface area contributed by atoms with E-state index in [1.54, 1.807) is 86.8 Å². The van der Waals surface area contributed by atoms with Gasteiger partial charge in [-0.15, -0.1) is 10.1 Å². The molecule has 0 fully saturated rings. The number of hydrogen-bond acceptors (Lipinski definition) is 19. The minimum Gasteiger partial charge on any atom is -0.383 e. The van der Waals surface area contributed by atoms with Crippen molar-refractivity contribution in [3.05, 3.63) is 182 Å². The minimum atomic E-state index is -1.50. The number of nitro benzene ring substituents is 2. The Morgan fingerprint density at radius 2 is 1.26 bits per heavy atom. The molecule has 0 atom stereocenters. The van der Waals surface area contributed by atoms with Gasteiger partial charge in [0.15, 0.2) is 17.5 Å². The van der Waals surface area contributed by atoms with Crippen molar-refractivity contribution in [3.8, 4) is 11.3 Å². The lowest BCUT2D eigenvalue weighted by molar-refractivity contribution is -0.742. The number of aromatic nitrogens is 5. The van der Waals surface area contributed by atoms with Crippen LogP contribution in [-0.4, -0.2) is 120 Å². The van der Waals surface area contributed by atoms with Crippen LogP contribution in [0.1, 0.15) is 52.6 Å². The second kappa shape index (κ2) is 35.4. The third kappa shape index (κ3) is 27.5. The van der Waals surface area contributed by atoms with Crippen LogP contribution in [0.4, 0.5) is 28.7 Å². The summed E-state index contributed by atoms with van der Waals surface area (Å²) in [6.45, 7) is 10.4. The Bertz CT molecular complexity index is 2900. The number of halogens is 3. The Balaban J connectivity index is 0.000000487. The molecule has 0 bridgehead atoms. The summed E-state index contributed by atoms with van der Waals surface area (Å²) in [5.74, 6) is 0.228. The van der Waals surface area contributed by atoms with E-state index in [4.69, 9.17) is 36.3 Å². The number of nitro groups is 2. The van der Waals surface area contributed by atoms with E-state index < -0.39 is 14.9 Å². The molecule has 76 heavy (non-hydrogen) atoms. The molecule has 6 aromatic rings. The average Bonchev–Trinajstić information content (AvgIpc) is 3.35. The number of nitrogens with two attached hydrogens (primary N) is 2. The maximum absolute atomic E-state index is 11.5. The highest BCUT2D eigenvalue weighted by atomic mass is 79.9. The van der Waals surface area contributed by atoms with Gasteiger partial charge in [-0.3, -0.25) is 49.7 Å². The number of allylic oxidation sites excluding steroid dienone is 1. The predicted octanol–water partition coefficient (Wildman–Crippen LogP) is 9.78. The van der Waals surface area contributed by atoms with Crippen molar-refractivity contribution in [2.24, 2.45) is 16.5 Å². The first-order valence-electron chi connectivity index (χ1n) is 21.9. The third-order valence-electron chi connectivity index (χ3n) is 8.65. The monoisotopic (exact) mass is 1240 g/mol. The number of anilines is 2. The van der Waals surface area contributed by atoms with Gasteiger partial charge in [0.1, 0.15) is 0 Å². The molecule has 25 nitrogen and oxygen atoms in total. The molecule has 0 aliphatic carbocycles. The molecule has 0 spiro atoms. The van der Waals surface area contributed by atoms with Gasteiger partial charge in [0.25, 0.3) is 16.5 Å². The number of hydrogen-bond donors (Lipinski definition) is 4. The summed E-state index contributed by atoms with van der Waals surface area (Å²) in [6, 6.07) is 16.1. The fraction of sp³-hybridized carbons (Fsp3) is 0.250. The second-order valence-corrected chi connectivity index (χ2v) is 18.0. The maximum Gasteiger partial charge on any atom is 0.291 e.